The molecule has 0 aliphatic heterocycles. The van der Waals surface area contributed by atoms with Crippen molar-refractivity contribution in [1.29, 1.82) is 0 Å². The summed E-state index contributed by atoms with van der Waals surface area (Å²) in [5.74, 6) is 0. The molecule has 0 spiro atoms. The zero-order chi connectivity index (χ0) is 10.9. The van der Waals surface area contributed by atoms with Gasteiger partial charge in [-0.05, 0) is 37.0 Å². The SMILES string of the molecule is C=CCCCNc1ccc(CCC)cc1. The first-order chi connectivity index (χ1) is 7.36. The molecule has 0 amide bonds. The van der Waals surface area contributed by atoms with Gasteiger partial charge in [0.05, 0.1) is 0 Å². The lowest BCUT2D eigenvalue weighted by Gasteiger charge is -2.06. The molecule has 0 unspecified atom stereocenters. The van der Waals surface area contributed by atoms with Crippen molar-refractivity contribution in [3.63, 3.8) is 0 Å². The summed E-state index contributed by atoms with van der Waals surface area (Å²) in [6.07, 6.45) is 6.59. The van der Waals surface area contributed by atoms with Gasteiger partial charge in [0.1, 0.15) is 0 Å². The molecule has 0 aliphatic carbocycles. The van der Waals surface area contributed by atoms with E-state index in [1.54, 1.807) is 0 Å². The van der Waals surface area contributed by atoms with Crippen LogP contribution in [0, 0.1) is 0 Å². The highest BCUT2D eigenvalue weighted by Gasteiger charge is 1.93. The standard InChI is InChI=1S/C14H21N/c1-3-5-6-12-15-14-10-8-13(7-4-2)9-11-14/h3,8-11,15H,1,4-7,12H2,2H3. The summed E-state index contributed by atoms with van der Waals surface area (Å²) >= 11 is 0. The van der Waals surface area contributed by atoms with E-state index in [2.05, 4.69) is 43.1 Å². The monoisotopic (exact) mass is 203 g/mol. The van der Waals surface area contributed by atoms with Gasteiger partial charge in [0.15, 0.2) is 0 Å². The van der Waals surface area contributed by atoms with Crippen molar-refractivity contribution in [2.75, 3.05) is 11.9 Å². The molecule has 0 aliphatic rings. The largest absolute Gasteiger partial charge is 0.385 e. The number of hydrogen-bond donors (Lipinski definition) is 1. The second-order valence-electron chi connectivity index (χ2n) is 3.80. The summed E-state index contributed by atoms with van der Waals surface area (Å²) in [4.78, 5) is 0. The van der Waals surface area contributed by atoms with E-state index in [0.717, 1.165) is 19.4 Å². The normalized spacial score (nSPS) is 9.93. The molecular weight excluding hydrogens is 182 g/mol. The number of allylic oxidation sites excluding steroid dienone is 1. The third-order valence-corrected chi connectivity index (χ3v) is 2.41. The zero-order valence-electron chi connectivity index (χ0n) is 9.63. The smallest absolute Gasteiger partial charge is 0.0340 e. The predicted molar refractivity (Wildman–Crippen MR) is 68.4 cm³/mol. The average molecular weight is 203 g/mol. The van der Waals surface area contributed by atoms with E-state index >= 15 is 0 Å². The molecule has 0 saturated heterocycles. The van der Waals surface area contributed by atoms with Crippen molar-refractivity contribution in [1.82, 2.24) is 0 Å². The van der Waals surface area contributed by atoms with Crippen molar-refractivity contribution in [3.05, 3.63) is 42.5 Å². The van der Waals surface area contributed by atoms with Crippen molar-refractivity contribution in [2.45, 2.75) is 32.6 Å². The topological polar surface area (TPSA) is 12.0 Å². The molecule has 82 valence electrons. The van der Waals surface area contributed by atoms with Gasteiger partial charge in [-0.2, -0.15) is 0 Å². The van der Waals surface area contributed by atoms with Gasteiger partial charge in [-0.25, -0.2) is 0 Å². The average Bonchev–Trinajstić information content (AvgIpc) is 2.27. The fourth-order valence-corrected chi connectivity index (χ4v) is 1.56. The summed E-state index contributed by atoms with van der Waals surface area (Å²) < 4.78 is 0. The second-order valence-corrected chi connectivity index (χ2v) is 3.80. The van der Waals surface area contributed by atoms with Crippen LogP contribution in [0.1, 0.15) is 31.7 Å². The zero-order valence-corrected chi connectivity index (χ0v) is 9.63. The Balaban J connectivity index is 2.32. The number of unbranched alkanes of at least 4 members (excludes halogenated alkanes) is 1. The van der Waals surface area contributed by atoms with Gasteiger partial charge in [-0.1, -0.05) is 31.6 Å². The van der Waals surface area contributed by atoms with E-state index < -0.39 is 0 Å². The molecule has 1 nitrogen and oxygen atoms in total. The molecule has 15 heavy (non-hydrogen) atoms. The Kier molecular flexibility index (Phi) is 5.60. The van der Waals surface area contributed by atoms with Gasteiger partial charge in [-0.15, -0.1) is 6.58 Å². The maximum atomic E-state index is 3.71. The van der Waals surface area contributed by atoms with E-state index in [0.29, 0.717) is 0 Å². The predicted octanol–water partition coefficient (Wildman–Crippen LogP) is 4.02. The Morgan fingerprint density at radius 2 is 2.00 bits per heavy atom. The summed E-state index contributed by atoms with van der Waals surface area (Å²) in [6.45, 7) is 6.95. The first kappa shape index (κ1) is 11.8. The fourth-order valence-electron chi connectivity index (χ4n) is 1.56. The van der Waals surface area contributed by atoms with E-state index in [9.17, 15) is 0 Å². The first-order valence-electron chi connectivity index (χ1n) is 5.80. The van der Waals surface area contributed by atoms with Crippen LogP contribution < -0.4 is 5.32 Å². The van der Waals surface area contributed by atoms with E-state index in [1.807, 2.05) is 6.08 Å². The summed E-state index contributed by atoms with van der Waals surface area (Å²) in [7, 11) is 0. The van der Waals surface area contributed by atoms with Crippen LogP contribution in [0.15, 0.2) is 36.9 Å². The molecule has 0 radical (unpaired) electrons. The molecule has 1 aromatic carbocycles. The number of benzene rings is 1. The minimum atomic E-state index is 1.03. The Morgan fingerprint density at radius 3 is 2.60 bits per heavy atom. The van der Waals surface area contributed by atoms with Crippen LogP contribution in [0.25, 0.3) is 0 Å². The van der Waals surface area contributed by atoms with Crippen molar-refractivity contribution in [2.24, 2.45) is 0 Å². The van der Waals surface area contributed by atoms with Gasteiger partial charge >= 0.3 is 0 Å². The van der Waals surface area contributed by atoms with Crippen LogP contribution in [-0.2, 0) is 6.42 Å². The second kappa shape index (κ2) is 7.10. The molecule has 0 aromatic heterocycles. The third-order valence-electron chi connectivity index (χ3n) is 2.41. The van der Waals surface area contributed by atoms with Crippen LogP contribution in [0.5, 0.6) is 0 Å². The lowest BCUT2D eigenvalue weighted by atomic mass is 10.1. The van der Waals surface area contributed by atoms with Crippen LogP contribution >= 0.6 is 0 Å². The highest BCUT2D eigenvalue weighted by Crippen LogP contribution is 2.11. The molecule has 1 heteroatoms. The van der Waals surface area contributed by atoms with Gasteiger partial charge in [0.25, 0.3) is 0 Å². The summed E-state index contributed by atoms with van der Waals surface area (Å²) in [6, 6.07) is 8.75. The van der Waals surface area contributed by atoms with Crippen molar-refractivity contribution >= 4 is 5.69 Å². The van der Waals surface area contributed by atoms with Crippen LogP contribution in [0.2, 0.25) is 0 Å². The maximum Gasteiger partial charge on any atom is 0.0340 e. The number of nitrogens with one attached hydrogen (secondary N) is 1. The molecule has 0 fully saturated rings. The Bertz CT molecular complexity index is 274. The van der Waals surface area contributed by atoms with Gasteiger partial charge in [0, 0.05) is 12.2 Å². The van der Waals surface area contributed by atoms with Gasteiger partial charge in [0.2, 0.25) is 0 Å². The molecule has 1 rings (SSSR count). The number of hydrogen-bond acceptors (Lipinski definition) is 1. The molecule has 0 saturated carbocycles. The fraction of sp³-hybridized carbons (Fsp3) is 0.429. The number of anilines is 1. The highest BCUT2D eigenvalue weighted by atomic mass is 14.9. The molecule has 0 atom stereocenters. The minimum Gasteiger partial charge on any atom is -0.385 e. The van der Waals surface area contributed by atoms with Crippen molar-refractivity contribution < 1.29 is 0 Å². The Hall–Kier alpha value is -1.24. The van der Waals surface area contributed by atoms with Crippen LogP contribution in [-0.4, -0.2) is 6.54 Å². The molecule has 0 bridgehead atoms. The molecule has 1 N–H and O–H groups in total. The summed E-state index contributed by atoms with van der Waals surface area (Å²) in [5, 5.41) is 3.40. The molecular formula is C14H21N. The van der Waals surface area contributed by atoms with E-state index in [4.69, 9.17) is 0 Å². The first-order valence-corrected chi connectivity index (χ1v) is 5.80. The van der Waals surface area contributed by atoms with Gasteiger partial charge < -0.3 is 5.32 Å². The van der Waals surface area contributed by atoms with Crippen molar-refractivity contribution in [3.8, 4) is 0 Å². The maximum absolute atomic E-state index is 3.71. The lowest BCUT2D eigenvalue weighted by Crippen LogP contribution is -2.00. The number of aryl methyl sites for hydroxylation is 1. The number of rotatable bonds is 7. The molecule has 1 aromatic rings. The highest BCUT2D eigenvalue weighted by molar-refractivity contribution is 5.44. The van der Waals surface area contributed by atoms with E-state index in [-0.39, 0.29) is 0 Å². The molecule has 0 heterocycles. The Labute approximate surface area is 93.2 Å². The van der Waals surface area contributed by atoms with Crippen LogP contribution in [0.4, 0.5) is 5.69 Å². The third kappa shape index (κ3) is 4.68. The lowest BCUT2D eigenvalue weighted by molar-refractivity contribution is 0.890. The van der Waals surface area contributed by atoms with E-state index in [1.165, 1.54) is 24.1 Å². The minimum absolute atomic E-state index is 1.03. The van der Waals surface area contributed by atoms with Crippen LogP contribution in [0.3, 0.4) is 0 Å². The Morgan fingerprint density at radius 1 is 1.27 bits per heavy atom. The quantitative estimate of drug-likeness (QED) is 0.521. The van der Waals surface area contributed by atoms with Gasteiger partial charge in [-0.3, -0.25) is 0 Å². The summed E-state index contributed by atoms with van der Waals surface area (Å²) in [5.41, 5.74) is 2.65.